The molecule has 2 unspecified atom stereocenters. The van der Waals surface area contributed by atoms with E-state index in [1.165, 1.54) is 53.1 Å². The largest absolute Gasteiger partial charge is 0.480 e. The van der Waals surface area contributed by atoms with Crippen LogP contribution in [0.4, 0.5) is 8.78 Å². The maximum atomic E-state index is 14.6. The predicted molar refractivity (Wildman–Crippen MR) is 441 cm³/mol. The summed E-state index contributed by atoms with van der Waals surface area (Å²) in [5, 5.41) is 20.0. The first-order chi connectivity index (χ1) is 55.3. The van der Waals surface area contributed by atoms with Crippen molar-refractivity contribution in [3.05, 3.63) is 337 Å². The van der Waals surface area contributed by atoms with Crippen molar-refractivity contribution >= 4 is 45.8 Å². The van der Waals surface area contributed by atoms with Gasteiger partial charge in [0, 0.05) is 86.4 Å². The molecule has 10 aromatic carbocycles. The highest BCUT2D eigenvalue weighted by Gasteiger charge is 2.43. The third-order valence-electron chi connectivity index (χ3n) is 20.3. The van der Waals surface area contributed by atoms with Gasteiger partial charge in [-0.25, -0.2) is 23.1 Å². The molecule has 0 aliphatic carbocycles. The molecule has 3 aliphatic heterocycles. The van der Waals surface area contributed by atoms with Crippen LogP contribution >= 0.6 is 0 Å². The van der Waals surface area contributed by atoms with Crippen LogP contribution in [-0.4, -0.2) is 125 Å². The van der Waals surface area contributed by atoms with Gasteiger partial charge in [0.2, 0.25) is 17.7 Å². The molecule has 0 saturated carbocycles. The number of rotatable bonds is 18. The van der Waals surface area contributed by atoms with Gasteiger partial charge >= 0.3 is 22.1 Å². The normalized spacial score (nSPS) is 14.9. The Hall–Kier alpha value is -13.1. The summed E-state index contributed by atoms with van der Waals surface area (Å²) < 4.78 is 73.0. The molecule has 18 nitrogen and oxygen atoms in total. The molecule has 3 N–H and O–H groups in total. The maximum Gasteiger partial charge on any atom is 0.326 e. The first-order valence-electron chi connectivity index (χ1n) is 37.4. The smallest absolute Gasteiger partial charge is 0.326 e. The summed E-state index contributed by atoms with van der Waals surface area (Å²) in [4.78, 5) is 83.8. The Morgan fingerprint density at radius 1 is 0.431 bits per heavy atom. The number of carbonyl (C=O) groups excluding carboxylic acids is 4. The van der Waals surface area contributed by atoms with Gasteiger partial charge in [-0.15, -0.1) is 0 Å². The molecule has 0 radical (unpaired) electrons. The topological polar surface area (TPSA) is 230 Å². The molecule has 3 heterocycles. The molecule has 21 heteroatoms. The highest BCUT2D eigenvalue weighted by atomic mass is 32.2. The van der Waals surface area contributed by atoms with Crippen LogP contribution in [0.1, 0.15) is 128 Å². The third-order valence-corrected chi connectivity index (χ3v) is 21.7. The van der Waals surface area contributed by atoms with Crippen molar-refractivity contribution in [2.24, 2.45) is 0 Å². The van der Waals surface area contributed by atoms with Crippen molar-refractivity contribution in [3.63, 3.8) is 0 Å². The zero-order valence-electron chi connectivity index (χ0n) is 64.7. The van der Waals surface area contributed by atoms with Gasteiger partial charge in [0.15, 0.2) is 0 Å². The second kappa shape index (κ2) is 39.6. The van der Waals surface area contributed by atoms with Crippen LogP contribution in [-0.2, 0) is 77.9 Å². The van der Waals surface area contributed by atoms with E-state index in [0.717, 1.165) is 76.6 Å². The highest BCUT2D eigenvalue weighted by molar-refractivity contribution is 7.87. The number of aryl methyl sites for hydroxylation is 3. The molecule has 13 rings (SSSR count). The third kappa shape index (κ3) is 21.2. The lowest BCUT2D eigenvalue weighted by molar-refractivity contribution is -0.152. The van der Waals surface area contributed by atoms with Crippen molar-refractivity contribution in [1.82, 2.24) is 23.7 Å². The summed E-state index contributed by atoms with van der Waals surface area (Å²) in [6, 6.07) is 67.2. The molecule has 594 valence electrons. The average Bonchev–Trinajstić information content (AvgIpc) is 0.771. The number of nitrogens with zero attached hydrogens (tertiary/aromatic N) is 4. The molecule has 0 aromatic heterocycles. The van der Waals surface area contributed by atoms with Crippen molar-refractivity contribution in [2.75, 3.05) is 33.9 Å². The van der Waals surface area contributed by atoms with Crippen LogP contribution in [0.5, 0.6) is 17.2 Å². The lowest BCUT2D eigenvalue weighted by Gasteiger charge is -2.39. The van der Waals surface area contributed by atoms with Crippen LogP contribution < -0.4 is 18.9 Å². The Kier molecular flexibility index (Phi) is 29.1. The number of carboxylic acid groups (broad SMARTS) is 2. The highest BCUT2D eigenvalue weighted by Crippen LogP contribution is 2.40. The molecule has 0 saturated heterocycles. The number of hydrogen-bond donors (Lipinski definition) is 3. The molecule has 5 atom stereocenters. The van der Waals surface area contributed by atoms with E-state index in [9.17, 15) is 56.2 Å². The van der Waals surface area contributed by atoms with Crippen LogP contribution in [0.3, 0.4) is 0 Å². The average molecular weight is 1580 g/mol. The van der Waals surface area contributed by atoms with E-state index in [4.69, 9.17) is 14.2 Å². The molecule has 3 aliphatic rings. The Morgan fingerprint density at radius 3 is 1.04 bits per heavy atom. The van der Waals surface area contributed by atoms with Gasteiger partial charge in [0.1, 0.15) is 66.8 Å². The molecule has 4 amide bonds. The van der Waals surface area contributed by atoms with E-state index in [-0.39, 0.29) is 95.5 Å². The van der Waals surface area contributed by atoms with Crippen molar-refractivity contribution in [2.45, 2.75) is 117 Å². The molecular weight excluding hydrogens is 1490 g/mol. The van der Waals surface area contributed by atoms with E-state index in [0.29, 0.717) is 33.9 Å². The van der Waals surface area contributed by atoms with E-state index in [1.807, 2.05) is 216 Å². The minimum Gasteiger partial charge on any atom is -0.480 e. The quantitative estimate of drug-likeness (QED) is 0.0680. The fourth-order valence-electron chi connectivity index (χ4n) is 14.1. The van der Waals surface area contributed by atoms with E-state index < -0.39 is 63.9 Å². The number of halogens is 2. The van der Waals surface area contributed by atoms with Gasteiger partial charge in [-0.3, -0.25) is 19.2 Å². The first kappa shape index (κ1) is 85.3. The van der Waals surface area contributed by atoms with Crippen LogP contribution in [0, 0.1) is 67.9 Å². The second-order valence-electron chi connectivity index (χ2n) is 28.2. The van der Waals surface area contributed by atoms with Gasteiger partial charge in [-0.2, -0.15) is 12.7 Å². The number of carboxylic acids is 2. The molecular formula is C95H91F2N5O13S. The van der Waals surface area contributed by atoms with E-state index >= 15 is 0 Å². The minimum atomic E-state index is -4.14. The SMILES string of the molecule is C.Cc1ccc2c(c1OCC#Cc1ccc(F)cc1)C[C@@H](C(=O)NS(=O)(=O)N(C)C)N(C(=O)C(c1ccccc1)c1ccccc1)C2.Cc1ccc2c(c1OCC#Cc1ccc(F)cc1)C[C@@H](C(=O)O)N(C(=O)C(C)c1ccccc1)C2.Cc1ccc2c(c1OCC#Cc1ccccc1)C[C@@H](C(=O)O)N(C(=O)C(C)c1ccccc1)C2. The van der Waals surface area contributed by atoms with Crippen molar-refractivity contribution in [3.8, 4) is 52.8 Å². The molecule has 0 bridgehead atoms. The summed E-state index contributed by atoms with van der Waals surface area (Å²) >= 11 is 0. The van der Waals surface area contributed by atoms with E-state index in [2.05, 4.69) is 40.2 Å². The number of hydrogen-bond acceptors (Lipinski definition) is 11. The summed E-state index contributed by atoms with van der Waals surface area (Å²) in [5.41, 5.74) is 12.9. The van der Waals surface area contributed by atoms with Crippen LogP contribution in [0.2, 0.25) is 0 Å². The summed E-state index contributed by atoms with van der Waals surface area (Å²) in [5.74, 6) is 13.7. The zero-order valence-corrected chi connectivity index (χ0v) is 65.5. The fourth-order valence-corrected chi connectivity index (χ4v) is 14.6. The van der Waals surface area contributed by atoms with Crippen LogP contribution in [0.15, 0.2) is 237 Å². The molecule has 10 aromatic rings. The summed E-state index contributed by atoms with van der Waals surface area (Å²) in [6.07, 6.45) is 0.371. The summed E-state index contributed by atoms with van der Waals surface area (Å²) in [6.45, 7) is 10.1. The fraction of sp³-hybridized carbons (Fsp3) is 0.242. The number of benzene rings is 10. The van der Waals surface area contributed by atoms with E-state index in [1.54, 1.807) is 31.2 Å². The minimum absolute atomic E-state index is 0. The number of aliphatic carboxylic acids is 2. The zero-order chi connectivity index (χ0) is 81.9. The predicted octanol–water partition coefficient (Wildman–Crippen LogP) is 14.5. The number of carbonyl (C=O) groups is 6. The standard InChI is InChI=1S/C36H34FN3O5S.C29H26FNO4.C29H27NO4.CH4/c1-25-16-19-29-24-40(36(42)33(27-12-6-4-7-13-27)28-14-8-5-9-15-28)32(35(41)38-46(43,44)39(2)3)23-31(29)34(25)45-22-10-11-26-17-20-30(37)21-18-26;1-19-10-13-23-18-31(28(32)20(2)22-8-4-3-5-9-22)26(29(33)34)17-25(23)27(19)35-16-6-7-21-11-14-24(30)15-12-21;1-20-15-16-24-19-30(28(31)21(2)23-13-7-4-8-14-23)26(29(32)33)18-25(24)27(20)34-17-9-12-22-10-5-3-6-11-22;/h4-9,12-21,32-33H,22-24H2,1-3H3,(H,38,41);3-5,8-15,20,26H,16-18H2,1-2H3,(H,33,34);3-8,10-11,13-16,21,26H,17-19H2,1-2H3,(H,32,33);1H4/t32-;20?,26-;21?,26-;/m000./s1. The van der Waals surface area contributed by atoms with Gasteiger partial charge in [0.25, 0.3) is 5.91 Å². The number of ether oxygens (including phenoxy) is 3. The molecule has 116 heavy (non-hydrogen) atoms. The van der Waals surface area contributed by atoms with Crippen molar-refractivity contribution in [1.29, 1.82) is 0 Å². The Labute approximate surface area is 676 Å². The Bertz CT molecular complexity index is 5450. The maximum absolute atomic E-state index is 14.6. The second-order valence-corrected chi connectivity index (χ2v) is 30.1. The lowest BCUT2D eigenvalue weighted by atomic mass is 9.86. The summed E-state index contributed by atoms with van der Waals surface area (Å²) in [7, 11) is -1.51. The Balaban J connectivity index is 0.000000186. The molecule has 0 spiro atoms. The van der Waals surface area contributed by atoms with Gasteiger partial charge < -0.3 is 39.1 Å². The van der Waals surface area contributed by atoms with Crippen LogP contribution in [0.25, 0.3) is 0 Å². The Morgan fingerprint density at radius 2 is 0.724 bits per heavy atom. The van der Waals surface area contributed by atoms with Gasteiger partial charge in [-0.05, 0) is 151 Å². The number of nitrogens with one attached hydrogen (secondary N) is 1. The van der Waals surface area contributed by atoms with Crippen molar-refractivity contribution < 1.29 is 70.4 Å². The molecule has 0 fully saturated rings. The monoisotopic (exact) mass is 1580 g/mol. The lowest BCUT2D eigenvalue weighted by Crippen LogP contribution is -2.55. The number of fused-ring (bicyclic) bond motifs is 3. The van der Waals surface area contributed by atoms with Gasteiger partial charge in [-0.1, -0.05) is 219 Å². The van der Waals surface area contributed by atoms with Gasteiger partial charge in [0.05, 0.1) is 17.8 Å². The number of amides is 4. The first-order valence-corrected chi connectivity index (χ1v) is 38.9.